The highest BCUT2D eigenvalue weighted by Crippen LogP contribution is 2.03. The van der Waals surface area contributed by atoms with Crippen molar-refractivity contribution in [3.05, 3.63) is 23.3 Å². The van der Waals surface area contributed by atoms with Crippen LogP contribution < -0.4 is 0 Å². The lowest BCUT2D eigenvalue weighted by atomic mass is 10.1. The standard InChI is InChI=1S/C11H20O/c1-10(2)6-5-7-11(3)8-9-12-4/h6-7H,5,8-9H2,1-4H3/b11-7-. The molecular formula is C11H20O. The molecule has 0 aromatic rings. The lowest BCUT2D eigenvalue weighted by Crippen LogP contribution is -1.88. The fourth-order valence-electron chi connectivity index (χ4n) is 0.861. The van der Waals surface area contributed by atoms with E-state index in [2.05, 4.69) is 32.9 Å². The Labute approximate surface area is 76.1 Å². The molecule has 0 bridgehead atoms. The molecule has 0 radical (unpaired) electrons. The molecule has 0 aliphatic rings. The topological polar surface area (TPSA) is 9.23 Å². The largest absolute Gasteiger partial charge is 0.384 e. The molecule has 0 saturated carbocycles. The molecule has 0 unspecified atom stereocenters. The van der Waals surface area contributed by atoms with Gasteiger partial charge in [0.1, 0.15) is 0 Å². The average Bonchev–Trinajstić information content (AvgIpc) is 2.00. The number of rotatable bonds is 5. The second kappa shape index (κ2) is 7.11. The van der Waals surface area contributed by atoms with Crippen LogP contribution in [0.25, 0.3) is 0 Å². The Kier molecular flexibility index (Phi) is 6.78. The molecule has 70 valence electrons. The summed E-state index contributed by atoms with van der Waals surface area (Å²) in [5.74, 6) is 0. The van der Waals surface area contributed by atoms with Gasteiger partial charge in [-0.05, 0) is 33.6 Å². The summed E-state index contributed by atoms with van der Waals surface area (Å²) in [6.07, 6.45) is 6.59. The van der Waals surface area contributed by atoms with Gasteiger partial charge in [0, 0.05) is 13.7 Å². The molecule has 0 rings (SSSR count). The molecule has 1 nitrogen and oxygen atoms in total. The van der Waals surface area contributed by atoms with Crippen LogP contribution in [0.1, 0.15) is 33.6 Å². The quantitative estimate of drug-likeness (QED) is 0.572. The third-order valence-corrected chi connectivity index (χ3v) is 1.69. The smallest absolute Gasteiger partial charge is 0.0499 e. The Balaban J connectivity index is 3.61. The number of allylic oxidation sites excluding steroid dienone is 3. The SMILES string of the molecule is COCC/C(C)=C\CC=C(C)C. The molecule has 0 N–H and O–H groups in total. The van der Waals surface area contributed by atoms with E-state index in [4.69, 9.17) is 4.74 Å². The van der Waals surface area contributed by atoms with Crippen LogP contribution in [0.3, 0.4) is 0 Å². The molecule has 0 atom stereocenters. The molecule has 0 spiro atoms. The summed E-state index contributed by atoms with van der Waals surface area (Å²) >= 11 is 0. The van der Waals surface area contributed by atoms with E-state index in [1.54, 1.807) is 7.11 Å². The van der Waals surface area contributed by atoms with Crippen LogP contribution in [-0.4, -0.2) is 13.7 Å². The van der Waals surface area contributed by atoms with Crippen LogP contribution in [-0.2, 0) is 4.74 Å². The number of hydrogen-bond donors (Lipinski definition) is 0. The highest BCUT2D eigenvalue weighted by atomic mass is 16.5. The Morgan fingerprint density at radius 2 is 1.83 bits per heavy atom. The maximum atomic E-state index is 4.98. The van der Waals surface area contributed by atoms with Crippen molar-refractivity contribution in [2.24, 2.45) is 0 Å². The number of methoxy groups -OCH3 is 1. The van der Waals surface area contributed by atoms with E-state index >= 15 is 0 Å². The molecule has 12 heavy (non-hydrogen) atoms. The fraction of sp³-hybridized carbons (Fsp3) is 0.636. The van der Waals surface area contributed by atoms with Gasteiger partial charge in [0.05, 0.1) is 0 Å². The van der Waals surface area contributed by atoms with E-state index in [1.165, 1.54) is 11.1 Å². The third kappa shape index (κ3) is 7.55. The zero-order chi connectivity index (χ0) is 9.40. The van der Waals surface area contributed by atoms with E-state index in [-0.39, 0.29) is 0 Å². The summed E-state index contributed by atoms with van der Waals surface area (Å²) in [5.41, 5.74) is 2.79. The fourth-order valence-corrected chi connectivity index (χ4v) is 0.861. The molecule has 0 aromatic carbocycles. The molecule has 0 aromatic heterocycles. The Morgan fingerprint density at radius 1 is 1.17 bits per heavy atom. The summed E-state index contributed by atoms with van der Waals surface area (Å²) in [7, 11) is 1.74. The van der Waals surface area contributed by atoms with Crippen LogP contribution in [0.2, 0.25) is 0 Å². The highest BCUT2D eigenvalue weighted by Gasteiger charge is 1.87. The monoisotopic (exact) mass is 168 g/mol. The van der Waals surface area contributed by atoms with Crippen molar-refractivity contribution in [3.63, 3.8) is 0 Å². The van der Waals surface area contributed by atoms with Gasteiger partial charge in [0.2, 0.25) is 0 Å². The van der Waals surface area contributed by atoms with Gasteiger partial charge in [-0.1, -0.05) is 23.3 Å². The van der Waals surface area contributed by atoms with Crippen LogP contribution in [0.5, 0.6) is 0 Å². The van der Waals surface area contributed by atoms with Crippen LogP contribution in [0.4, 0.5) is 0 Å². The molecule has 0 aliphatic carbocycles. The summed E-state index contributed by atoms with van der Waals surface area (Å²) in [6.45, 7) is 7.23. The second-order valence-electron chi connectivity index (χ2n) is 3.31. The van der Waals surface area contributed by atoms with Gasteiger partial charge in [-0.15, -0.1) is 0 Å². The molecule has 0 fully saturated rings. The van der Waals surface area contributed by atoms with Gasteiger partial charge in [-0.2, -0.15) is 0 Å². The van der Waals surface area contributed by atoms with Crippen molar-refractivity contribution in [3.8, 4) is 0 Å². The van der Waals surface area contributed by atoms with Crippen LogP contribution >= 0.6 is 0 Å². The molecule has 0 saturated heterocycles. The average molecular weight is 168 g/mol. The molecule has 0 heterocycles. The van der Waals surface area contributed by atoms with Gasteiger partial charge in [-0.3, -0.25) is 0 Å². The van der Waals surface area contributed by atoms with Gasteiger partial charge in [0.15, 0.2) is 0 Å². The summed E-state index contributed by atoms with van der Waals surface area (Å²) in [6, 6.07) is 0. The lowest BCUT2D eigenvalue weighted by molar-refractivity contribution is 0.202. The Morgan fingerprint density at radius 3 is 2.33 bits per heavy atom. The maximum Gasteiger partial charge on any atom is 0.0499 e. The zero-order valence-electron chi connectivity index (χ0n) is 8.68. The van der Waals surface area contributed by atoms with Gasteiger partial charge < -0.3 is 4.74 Å². The zero-order valence-corrected chi connectivity index (χ0v) is 8.68. The van der Waals surface area contributed by atoms with Crippen molar-refractivity contribution in [2.45, 2.75) is 33.6 Å². The minimum Gasteiger partial charge on any atom is -0.384 e. The van der Waals surface area contributed by atoms with Gasteiger partial charge >= 0.3 is 0 Å². The summed E-state index contributed by atoms with van der Waals surface area (Å²) in [5, 5.41) is 0. The third-order valence-electron chi connectivity index (χ3n) is 1.69. The molecule has 0 amide bonds. The van der Waals surface area contributed by atoms with E-state index in [0.717, 1.165) is 19.4 Å². The predicted molar refractivity (Wildman–Crippen MR) is 54.3 cm³/mol. The first-order valence-corrected chi connectivity index (χ1v) is 4.44. The Hall–Kier alpha value is -0.560. The first-order chi connectivity index (χ1) is 5.66. The van der Waals surface area contributed by atoms with Gasteiger partial charge in [-0.25, -0.2) is 0 Å². The van der Waals surface area contributed by atoms with E-state index in [1.807, 2.05) is 0 Å². The molecule has 1 heteroatoms. The highest BCUT2D eigenvalue weighted by molar-refractivity contribution is 5.04. The van der Waals surface area contributed by atoms with Crippen molar-refractivity contribution >= 4 is 0 Å². The predicted octanol–water partition coefficient (Wildman–Crippen LogP) is 3.33. The normalized spacial score (nSPS) is 11.5. The van der Waals surface area contributed by atoms with Crippen molar-refractivity contribution in [1.29, 1.82) is 0 Å². The van der Waals surface area contributed by atoms with Crippen LogP contribution in [0.15, 0.2) is 23.3 Å². The Bertz CT molecular complexity index is 162. The lowest BCUT2D eigenvalue weighted by Gasteiger charge is -1.98. The van der Waals surface area contributed by atoms with E-state index < -0.39 is 0 Å². The minimum atomic E-state index is 0.831. The summed E-state index contributed by atoms with van der Waals surface area (Å²) in [4.78, 5) is 0. The molecular weight excluding hydrogens is 148 g/mol. The molecule has 0 aliphatic heterocycles. The van der Waals surface area contributed by atoms with E-state index in [9.17, 15) is 0 Å². The first-order valence-electron chi connectivity index (χ1n) is 4.44. The van der Waals surface area contributed by atoms with Crippen molar-refractivity contribution in [1.82, 2.24) is 0 Å². The van der Waals surface area contributed by atoms with Crippen molar-refractivity contribution in [2.75, 3.05) is 13.7 Å². The van der Waals surface area contributed by atoms with Crippen molar-refractivity contribution < 1.29 is 4.74 Å². The second-order valence-corrected chi connectivity index (χ2v) is 3.31. The van der Waals surface area contributed by atoms with E-state index in [0.29, 0.717) is 0 Å². The summed E-state index contributed by atoms with van der Waals surface area (Å²) < 4.78 is 4.98. The number of ether oxygens (including phenoxy) is 1. The maximum absolute atomic E-state index is 4.98. The number of hydrogen-bond acceptors (Lipinski definition) is 1. The minimum absolute atomic E-state index is 0.831. The van der Waals surface area contributed by atoms with Gasteiger partial charge in [0.25, 0.3) is 0 Å². The van der Waals surface area contributed by atoms with Crippen LogP contribution in [0, 0.1) is 0 Å². The first kappa shape index (κ1) is 11.4.